The number of hydrogen-bond donors (Lipinski definition) is 7. The average Bonchev–Trinajstić information content (AvgIpc) is 3.98. The van der Waals surface area contributed by atoms with Crippen LogP contribution in [0.5, 0.6) is 5.75 Å². The van der Waals surface area contributed by atoms with Gasteiger partial charge in [-0.05, 0) is 31.0 Å². The summed E-state index contributed by atoms with van der Waals surface area (Å²) in [7, 11) is 2.00. The molecule has 9 atom stereocenters. The molecule has 5 aliphatic heterocycles. The number of aliphatic carboxylic acids is 2. The van der Waals surface area contributed by atoms with Gasteiger partial charge in [-0.15, -0.1) is 0 Å². The van der Waals surface area contributed by atoms with Crippen LogP contribution in [0, 0.1) is 11.8 Å². The SMILES string of the molecule is C[N+]1(Cc2ccc(O[C@@H]3O[C@H](C(=O)O)[C@@H](O)[C@H](O)[C@H]3O)c(NC(=O)CCNC(=O)CCOCCOCCOCCN3C(=O)C=CC3=O)c2)CCN(C(=O)C2C3CCC(O3)C2C(=O)O)CC1. The normalized spacial score (nSPS) is 28.1. The van der Waals surface area contributed by atoms with Gasteiger partial charge in [0.05, 0.1) is 109 Å². The van der Waals surface area contributed by atoms with Gasteiger partial charge in [-0.25, -0.2) is 4.79 Å². The molecule has 5 amide bonds. The number of fused-ring (bicyclic) bond motifs is 2. The maximum atomic E-state index is 13.6. The second-order valence-corrected chi connectivity index (χ2v) is 16.8. The molecule has 0 saturated carbocycles. The van der Waals surface area contributed by atoms with Crippen molar-refractivity contribution in [3.05, 3.63) is 35.9 Å². The van der Waals surface area contributed by atoms with Crippen LogP contribution in [0.25, 0.3) is 0 Å². The summed E-state index contributed by atoms with van der Waals surface area (Å²) >= 11 is 0. The Balaban J connectivity index is 0.963. The lowest BCUT2D eigenvalue weighted by Gasteiger charge is -2.43. The predicted molar refractivity (Wildman–Crippen MR) is 219 cm³/mol. The Morgan fingerprint density at radius 3 is 2.05 bits per heavy atom. The number of ether oxygens (including phenoxy) is 6. The lowest BCUT2D eigenvalue weighted by Crippen LogP contribution is -2.61. The number of imide groups is 1. The number of carboxylic acid groups (broad SMARTS) is 2. The summed E-state index contributed by atoms with van der Waals surface area (Å²) in [4.78, 5) is 88.8. The first-order chi connectivity index (χ1) is 31.0. The number of nitrogens with zero attached hydrogens (tertiary/aromatic N) is 3. The lowest BCUT2D eigenvalue weighted by atomic mass is 9.78. The number of hydrogen-bond acceptors (Lipinski definition) is 16. The van der Waals surface area contributed by atoms with Crippen molar-refractivity contribution in [2.75, 3.05) is 91.3 Å². The van der Waals surface area contributed by atoms with Crippen LogP contribution in [-0.2, 0) is 63.8 Å². The van der Waals surface area contributed by atoms with E-state index >= 15 is 0 Å². The van der Waals surface area contributed by atoms with E-state index in [1.165, 1.54) is 18.2 Å². The van der Waals surface area contributed by atoms with Gasteiger partial charge in [-0.2, -0.15) is 0 Å². The molecular formula is C42H58N5O18+. The molecule has 358 valence electrons. The van der Waals surface area contributed by atoms with Gasteiger partial charge in [0.15, 0.2) is 6.10 Å². The number of anilines is 1. The third kappa shape index (κ3) is 12.6. The second kappa shape index (κ2) is 22.4. The van der Waals surface area contributed by atoms with E-state index in [9.17, 15) is 59.1 Å². The number of carbonyl (C=O) groups excluding carboxylic acids is 5. The minimum absolute atomic E-state index is 0.0108. The molecule has 4 unspecified atom stereocenters. The first-order valence-corrected chi connectivity index (χ1v) is 21.6. The highest BCUT2D eigenvalue weighted by Gasteiger charge is 2.57. The van der Waals surface area contributed by atoms with Gasteiger partial charge in [-0.3, -0.25) is 33.7 Å². The van der Waals surface area contributed by atoms with Gasteiger partial charge in [0, 0.05) is 37.1 Å². The number of aliphatic hydroxyl groups is 3. The summed E-state index contributed by atoms with van der Waals surface area (Å²) in [6, 6.07) is 4.80. The number of benzene rings is 1. The molecule has 0 spiro atoms. The van der Waals surface area contributed by atoms with E-state index in [2.05, 4.69) is 10.6 Å². The summed E-state index contributed by atoms with van der Waals surface area (Å²) in [5.41, 5.74) is 0.829. The number of carboxylic acids is 2. The van der Waals surface area contributed by atoms with E-state index in [0.29, 0.717) is 50.0 Å². The van der Waals surface area contributed by atoms with Crippen molar-refractivity contribution in [3.8, 4) is 5.75 Å². The fourth-order valence-electron chi connectivity index (χ4n) is 8.56. The first kappa shape index (κ1) is 49.3. The maximum absolute atomic E-state index is 13.6. The fourth-order valence-corrected chi connectivity index (χ4v) is 8.56. The second-order valence-electron chi connectivity index (χ2n) is 16.8. The number of quaternary nitrogens is 1. The number of likely N-dealkylation sites (N-methyl/N-ethyl adjacent to an activating group) is 1. The molecule has 6 rings (SSSR count). The van der Waals surface area contributed by atoms with Gasteiger partial charge in [0.25, 0.3) is 11.8 Å². The molecular weight excluding hydrogens is 862 g/mol. The number of rotatable bonds is 23. The van der Waals surface area contributed by atoms with Crippen molar-refractivity contribution >= 4 is 47.2 Å². The van der Waals surface area contributed by atoms with Gasteiger partial charge in [0.1, 0.15) is 30.6 Å². The maximum Gasteiger partial charge on any atom is 0.335 e. The van der Waals surface area contributed by atoms with Gasteiger partial charge in [0.2, 0.25) is 24.0 Å². The van der Waals surface area contributed by atoms with Crippen molar-refractivity contribution in [1.29, 1.82) is 0 Å². The van der Waals surface area contributed by atoms with E-state index in [1.807, 2.05) is 7.05 Å². The standard InChI is InChI=1S/C42H57N5O18/c1-47(14-11-45(12-15-47)39(55)33-27-4-5-28(63-27)34(33)40(56)57)23-24-2-3-26(64-42-37(54)35(52)36(53)38(65-42)41(58)59)25(22-24)44-30(49)8-10-43-29(48)9-16-60-18-20-62-21-19-61-17-13-46-31(50)6-7-32(46)51/h2-3,6-7,22,27-28,33-38,42,52-54H,4-5,8-21,23H2,1H3,(H3-,43,44,48,49,56,57,58,59)/p+1/t27?,28?,33?,34?,35-,36-,37+,38-,42+/m0/s1. The predicted octanol–water partition coefficient (Wildman–Crippen LogP) is -2.57. The molecule has 23 heteroatoms. The van der Waals surface area contributed by atoms with Crippen molar-refractivity contribution in [1.82, 2.24) is 15.1 Å². The molecule has 4 saturated heterocycles. The van der Waals surface area contributed by atoms with E-state index < -0.39 is 72.6 Å². The van der Waals surface area contributed by atoms with Crippen molar-refractivity contribution < 1.29 is 92.0 Å². The molecule has 65 heavy (non-hydrogen) atoms. The molecule has 1 aromatic carbocycles. The average molecular weight is 921 g/mol. The number of amides is 5. The summed E-state index contributed by atoms with van der Waals surface area (Å²) in [5, 5.41) is 55.9. The van der Waals surface area contributed by atoms with Gasteiger partial charge >= 0.3 is 11.9 Å². The molecule has 5 aliphatic rings. The lowest BCUT2D eigenvalue weighted by molar-refractivity contribution is -0.926. The fraction of sp³-hybridized carbons (Fsp3) is 0.643. The third-order valence-electron chi connectivity index (χ3n) is 12.2. The molecule has 7 N–H and O–H groups in total. The molecule has 23 nitrogen and oxygen atoms in total. The topological polar surface area (TPSA) is 307 Å². The summed E-state index contributed by atoms with van der Waals surface area (Å²) < 4.78 is 33.6. The third-order valence-corrected chi connectivity index (χ3v) is 12.2. The Kier molecular flexibility index (Phi) is 17.0. The van der Waals surface area contributed by atoms with E-state index in [-0.39, 0.29) is 101 Å². The summed E-state index contributed by atoms with van der Waals surface area (Å²) in [6.45, 7) is 3.60. The highest BCUT2D eigenvalue weighted by Crippen LogP contribution is 2.44. The molecule has 2 bridgehead atoms. The molecule has 4 fully saturated rings. The van der Waals surface area contributed by atoms with Crippen LogP contribution in [0.4, 0.5) is 5.69 Å². The van der Waals surface area contributed by atoms with E-state index in [1.54, 1.807) is 17.0 Å². The van der Waals surface area contributed by atoms with Crippen LogP contribution in [0.3, 0.4) is 0 Å². The largest absolute Gasteiger partial charge is 0.481 e. The minimum Gasteiger partial charge on any atom is -0.481 e. The number of aliphatic hydroxyl groups excluding tert-OH is 3. The van der Waals surface area contributed by atoms with Crippen LogP contribution in [0.2, 0.25) is 0 Å². The molecule has 0 aromatic heterocycles. The van der Waals surface area contributed by atoms with Gasteiger partial charge in [-0.1, -0.05) is 0 Å². The first-order valence-electron chi connectivity index (χ1n) is 21.6. The zero-order valence-electron chi connectivity index (χ0n) is 36.0. The number of nitrogens with one attached hydrogen (secondary N) is 2. The molecule has 0 radical (unpaired) electrons. The van der Waals surface area contributed by atoms with Crippen LogP contribution in [0.1, 0.15) is 31.2 Å². The Hall–Kier alpha value is -5.11. The minimum atomic E-state index is -1.95. The highest BCUT2D eigenvalue weighted by molar-refractivity contribution is 6.12. The van der Waals surface area contributed by atoms with E-state index in [0.717, 1.165) is 10.5 Å². The van der Waals surface area contributed by atoms with Crippen LogP contribution < -0.4 is 15.4 Å². The Bertz CT molecular complexity index is 1920. The van der Waals surface area contributed by atoms with Crippen molar-refractivity contribution in [3.63, 3.8) is 0 Å². The van der Waals surface area contributed by atoms with Crippen LogP contribution in [0.15, 0.2) is 30.4 Å². The van der Waals surface area contributed by atoms with Crippen molar-refractivity contribution in [2.24, 2.45) is 11.8 Å². The van der Waals surface area contributed by atoms with Crippen LogP contribution in [-0.4, -0.2) is 210 Å². The molecule has 5 heterocycles. The Morgan fingerprint density at radius 1 is 0.769 bits per heavy atom. The molecule has 1 aromatic rings. The monoisotopic (exact) mass is 920 g/mol. The number of piperazine rings is 1. The zero-order chi connectivity index (χ0) is 46.8. The Labute approximate surface area is 373 Å². The summed E-state index contributed by atoms with van der Waals surface area (Å²) in [5.74, 6) is -6.15. The quantitative estimate of drug-likeness (QED) is 0.0337. The smallest absolute Gasteiger partial charge is 0.335 e. The Morgan fingerprint density at radius 2 is 1.40 bits per heavy atom. The van der Waals surface area contributed by atoms with Gasteiger partial charge < -0.3 is 74.0 Å². The zero-order valence-corrected chi connectivity index (χ0v) is 36.0. The highest BCUT2D eigenvalue weighted by atomic mass is 16.7. The van der Waals surface area contributed by atoms with Crippen LogP contribution >= 0.6 is 0 Å². The summed E-state index contributed by atoms with van der Waals surface area (Å²) in [6.07, 6.45) is -6.77. The number of carbonyl (C=O) groups is 7. The molecule has 0 aliphatic carbocycles. The van der Waals surface area contributed by atoms with Crippen molar-refractivity contribution in [2.45, 2.75) is 75.1 Å². The van der Waals surface area contributed by atoms with E-state index in [4.69, 9.17) is 28.4 Å².